The van der Waals surface area contributed by atoms with E-state index in [4.69, 9.17) is 44.8 Å². The van der Waals surface area contributed by atoms with Crippen molar-refractivity contribution in [3.63, 3.8) is 0 Å². The molecule has 232 valence electrons. The van der Waals surface area contributed by atoms with E-state index in [0.29, 0.717) is 42.7 Å². The minimum atomic E-state index is -1.26. The Hall–Kier alpha value is -3.67. The zero-order valence-electron chi connectivity index (χ0n) is 24.4. The van der Waals surface area contributed by atoms with Gasteiger partial charge in [0.15, 0.2) is 18.3 Å². The van der Waals surface area contributed by atoms with Crippen molar-refractivity contribution >= 4 is 35.5 Å². The predicted molar refractivity (Wildman–Crippen MR) is 151 cm³/mol. The Bertz CT molecular complexity index is 1310. The maximum atomic E-state index is 12.2. The highest BCUT2D eigenvalue weighted by Gasteiger charge is 2.52. The molecule has 5 atom stereocenters. The number of hydrogen-bond donors (Lipinski definition) is 0. The lowest BCUT2D eigenvalue weighted by Gasteiger charge is -2.44. The molecule has 0 bridgehead atoms. The van der Waals surface area contributed by atoms with E-state index < -0.39 is 54.4 Å². The van der Waals surface area contributed by atoms with Crippen molar-refractivity contribution in [3.05, 3.63) is 64.2 Å². The van der Waals surface area contributed by atoms with Crippen LogP contribution in [0.5, 0.6) is 5.75 Å². The van der Waals surface area contributed by atoms with E-state index in [1.807, 2.05) is 30.3 Å². The first-order valence-electron chi connectivity index (χ1n) is 13.9. The third kappa shape index (κ3) is 8.92. The fraction of sp³-hybridized carbons (Fsp3) is 0.484. The first-order chi connectivity index (χ1) is 20.5. The van der Waals surface area contributed by atoms with E-state index in [1.54, 1.807) is 12.1 Å². The van der Waals surface area contributed by atoms with Gasteiger partial charge in [0, 0.05) is 38.6 Å². The Labute approximate surface area is 254 Å². The van der Waals surface area contributed by atoms with Gasteiger partial charge in [0.05, 0.1) is 19.8 Å². The maximum absolute atomic E-state index is 12.2. The van der Waals surface area contributed by atoms with E-state index >= 15 is 0 Å². The largest absolute Gasteiger partial charge is 0.493 e. The van der Waals surface area contributed by atoms with Crippen LogP contribution in [0, 0.1) is 5.92 Å². The molecule has 2 aliphatic rings. The van der Waals surface area contributed by atoms with Crippen molar-refractivity contribution in [2.75, 3.05) is 26.4 Å². The van der Waals surface area contributed by atoms with Gasteiger partial charge in [0.2, 0.25) is 0 Å². The summed E-state index contributed by atoms with van der Waals surface area (Å²) in [5.41, 5.74) is 2.28. The molecule has 2 aliphatic heterocycles. The number of benzene rings is 2. The van der Waals surface area contributed by atoms with Crippen molar-refractivity contribution in [1.82, 2.24) is 0 Å². The molecule has 0 spiro atoms. The molecule has 0 N–H and O–H groups in total. The van der Waals surface area contributed by atoms with Crippen molar-refractivity contribution in [2.45, 2.75) is 64.6 Å². The standard InChI is InChI=1S/C31H35ClO11/c1-17(33)38-16-27-29(40-18(2)34)31(42-20(4)36)30(41-19(3)35)28(43-27)23-7-10-26(32)24(12-23)11-21-5-8-25(9-6-21)39-15-22-13-37-14-22/h5-10,12,22,27-31H,11,13-16H2,1-4H3/t27-,28?,29-,30+,31+/m1/s1. The Morgan fingerprint density at radius 3 is 2.00 bits per heavy atom. The Kier molecular flexibility index (Phi) is 11.0. The third-order valence-corrected chi connectivity index (χ3v) is 7.27. The molecule has 11 nitrogen and oxygen atoms in total. The highest BCUT2D eigenvalue weighted by atomic mass is 35.5. The van der Waals surface area contributed by atoms with Crippen LogP contribution < -0.4 is 4.74 Å². The molecule has 2 fully saturated rings. The van der Waals surface area contributed by atoms with E-state index in [9.17, 15) is 19.2 Å². The van der Waals surface area contributed by atoms with Crippen molar-refractivity contribution < 1.29 is 52.3 Å². The summed E-state index contributed by atoms with van der Waals surface area (Å²) in [6.07, 6.45) is -5.27. The van der Waals surface area contributed by atoms with Gasteiger partial charge in [-0.05, 0) is 41.3 Å². The summed E-state index contributed by atoms with van der Waals surface area (Å²) in [6, 6.07) is 12.9. The summed E-state index contributed by atoms with van der Waals surface area (Å²) < 4.78 is 39.1. The number of rotatable bonds is 11. The molecule has 4 rings (SSSR count). The van der Waals surface area contributed by atoms with Gasteiger partial charge in [-0.25, -0.2) is 0 Å². The Balaban J connectivity index is 1.63. The molecule has 2 aromatic rings. The van der Waals surface area contributed by atoms with Crippen LogP contribution in [0.3, 0.4) is 0 Å². The smallest absolute Gasteiger partial charge is 0.303 e. The van der Waals surface area contributed by atoms with Gasteiger partial charge in [-0.3, -0.25) is 19.2 Å². The van der Waals surface area contributed by atoms with Gasteiger partial charge in [0.25, 0.3) is 0 Å². The predicted octanol–water partition coefficient (Wildman–Crippen LogP) is 3.75. The first-order valence-corrected chi connectivity index (χ1v) is 14.3. The van der Waals surface area contributed by atoms with Gasteiger partial charge >= 0.3 is 23.9 Å². The zero-order valence-corrected chi connectivity index (χ0v) is 25.2. The number of carbonyl (C=O) groups is 4. The highest BCUT2D eigenvalue weighted by molar-refractivity contribution is 6.31. The minimum Gasteiger partial charge on any atom is -0.493 e. The van der Waals surface area contributed by atoms with Crippen LogP contribution in [0.15, 0.2) is 42.5 Å². The Morgan fingerprint density at radius 2 is 1.42 bits per heavy atom. The molecule has 0 saturated carbocycles. The molecule has 2 heterocycles. The van der Waals surface area contributed by atoms with Gasteiger partial charge in [-0.1, -0.05) is 35.9 Å². The number of esters is 4. The molecule has 43 heavy (non-hydrogen) atoms. The second-order valence-corrected chi connectivity index (χ2v) is 10.9. The van der Waals surface area contributed by atoms with Crippen molar-refractivity contribution in [2.24, 2.45) is 5.92 Å². The van der Waals surface area contributed by atoms with E-state index in [1.165, 1.54) is 27.7 Å². The topological polar surface area (TPSA) is 133 Å². The monoisotopic (exact) mass is 618 g/mol. The molecular formula is C31H35ClO11. The van der Waals surface area contributed by atoms with Gasteiger partial charge < -0.3 is 33.2 Å². The molecule has 2 aromatic carbocycles. The maximum Gasteiger partial charge on any atom is 0.303 e. The van der Waals surface area contributed by atoms with E-state index in [0.717, 1.165) is 16.9 Å². The summed E-state index contributed by atoms with van der Waals surface area (Å²) in [7, 11) is 0. The van der Waals surface area contributed by atoms with E-state index in [2.05, 4.69) is 0 Å². The first kappa shape index (κ1) is 32.2. The number of hydrogen-bond acceptors (Lipinski definition) is 11. The summed E-state index contributed by atoms with van der Waals surface area (Å²) in [5, 5.41) is 0.500. The summed E-state index contributed by atoms with van der Waals surface area (Å²) >= 11 is 6.59. The highest BCUT2D eigenvalue weighted by Crippen LogP contribution is 2.39. The van der Waals surface area contributed by atoms with Crippen LogP contribution in [0.25, 0.3) is 0 Å². The lowest BCUT2D eigenvalue weighted by molar-refractivity contribution is -0.254. The number of carbonyl (C=O) groups excluding carboxylic acids is 4. The molecular weight excluding hydrogens is 584 g/mol. The van der Waals surface area contributed by atoms with Crippen LogP contribution in [0.2, 0.25) is 5.02 Å². The third-order valence-electron chi connectivity index (χ3n) is 6.90. The van der Waals surface area contributed by atoms with Gasteiger partial charge in [-0.15, -0.1) is 0 Å². The molecule has 2 saturated heterocycles. The van der Waals surface area contributed by atoms with Gasteiger partial charge in [-0.2, -0.15) is 0 Å². The normalized spacial score (nSPS) is 23.4. The Morgan fingerprint density at radius 1 is 0.791 bits per heavy atom. The summed E-state index contributed by atoms with van der Waals surface area (Å²) in [4.78, 5) is 48.0. The SMILES string of the molecule is CC(=O)OC[C@H]1OC(c2ccc(Cl)c(Cc3ccc(OCC4COC4)cc3)c2)[C@H](OC(C)=O)[C@@H](OC(C)=O)[C@@H]1OC(C)=O. The molecule has 0 amide bonds. The fourth-order valence-electron chi connectivity index (χ4n) is 4.92. The van der Waals surface area contributed by atoms with Gasteiger partial charge in [0.1, 0.15) is 24.6 Å². The molecule has 0 radical (unpaired) electrons. The zero-order chi connectivity index (χ0) is 31.1. The van der Waals surface area contributed by atoms with Crippen LogP contribution in [-0.2, 0) is 54.0 Å². The lowest BCUT2D eigenvalue weighted by atomic mass is 9.89. The second-order valence-electron chi connectivity index (χ2n) is 10.5. The second kappa shape index (κ2) is 14.7. The molecule has 1 unspecified atom stereocenters. The summed E-state index contributed by atoms with van der Waals surface area (Å²) in [5.74, 6) is -1.48. The van der Waals surface area contributed by atoms with Crippen LogP contribution in [0.4, 0.5) is 0 Å². The molecule has 0 aromatic heterocycles. The average Bonchev–Trinajstić information content (AvgIpc) is 2.90. The van der Waals surface area contributed by atoms with Crippen LogP contribution in [0.1, 0.15) is 50.5 Å². The van der Waals surface area contributed by atoms with Crippen molar-refractivity contribution in [3.8, 4) is 5.75 Å². The number of ether oxygens (including phenoxy) is 7. The molecule has 12 heteroatoms. The summed E-state index contributed by atoms with van der Waals surface area (Å²) in [6.45, 7) is 6.50. The average molecular weight is 619 g/mol. The van der Waals surface area contributed by atoms with E-state index in [-0.39, 0.29) is 6.61 Å². The molecule has 0 aliphatic carbocycles. The van der Waals surface area contributed by atoms with Crippen LogP contribution >= 0.6 is 11.6 Å². The number of halogens is 1. The van der Waals surface area contributed by atoms with Crippen molar-refractivity contribution in [1.29, 1.82) is 0 Å². The minimum absolute atomic E-state index is 0.309. The lowest BCUT2D eigenvalue weighted by Crippen LogP contribution is -2.59. The fourth-order valence-corrected chi connectivity index (χ4v) is 5.11. The van der Waals surface area contributed by atoms with Crippen LogP contribution in [-0.4, -0.2) is 74.7 Å². The quantitative estimate of drug-likeness (QED) is 0.269.